The van der Waals surface area contributed by atoms with E-state index in [1.165, 1.54) is 21.3 Å². The molecule has 0 bridgehead atoms. The van der Waals surface area contributed by atoms with Crippen LogP contribution < -0.4 is 14.2 Å². The molecule has 0 aliphatic carbocycles. The lowest BCUT2D eigenvalue weighted by molar-refractivity contribution is 0.0307. The summed E-state index contributed by atoms with van der Waals surface area (Å²) in [5, 5.41) is 0. The Morgan fingerprint density at radius 2 is 1.67 bits per heavy atom. The first-order chi connectivity index (χ1) is 8.78. The van der Waals surface area contributed by atoms with Crippen molar-refractivity contribution in [1.82, 2.24) is 0 Å². The maximum absolute atomic E-state index is 10.9. The zero-order valence-corrected chi connectivity index (χ0v) is 10.6. The van der Waals surface area contributed by atoms with E-state index in [4.69, 9.17) is 23.7 Å². The zero-order chi connectivity index (χ0) is 13.4. The number of ether oxygens (including phenoxy) is 5. The van der Waals surface area contributed by atoms with Crippen LogP contribution in [0.25, 0.3) is 0 Å². The van der Waals surface area contributed by atoms with Crippen LogP contribution in [0.1, 0.15) is 10.4 Å². The molecule has 1 rings (SSSR count). The lowest BCUT2D eigenvalue weighted by Crippen LogP contribution is -2.06. The fourth-order valence-electron chi connectivity index (χ4n) is 1.35. The molecule has 6 heteroatoms. The van der Waals surface area contributed by atoms with Gasteiger partial charge in [-0.1, -0.05) is 0 Å². The van der Waals surface area contributed by atoms with Crippen molar-refractivity contribution < 1.29 is 28.5 Å². The van der Waals surface area contributed by atoms with Gasteiger partial charge in [-0.2, -0.15) is 0 Å². The van der Waals surface area contributed by atoms with Crippen molar-refractivity contribution in [1.29, 1.82) is 0 Å². The lowest BCUT2D eigenvalue weighted by Gasteiger charge is -2.16. The molecule has 0 radical (unpaired) electrons. The quantitative estimate of drug-likeness (QED) is 0.518. The zero-order valence-electron chi connectivity index (χ0n) is 10.6. The highest BCUT2D eigenvalue weighted by Gasteiger charge is 2.16. The standard InChI is InChI=1S/C12H16O6/c1-14-7-17-10-5-4-9(6-13)11(16-3)12(10)18-8-15-2/h4-6H,7-8H2,1-3H3. The van der Waals surface area contributed by atoms with Crippen molar-refractivity contribution in [2.24, 2.45) is 0 Å². The van der Waals surface area contributed by atoms with Gasteiger partial charge in [0.05, 0.1) is 12.7 Å². The first-order valence-corrected chi connectivity index (χ1v) is 5.18. The number of carbonyl (C=O) groups is 1. The lowest BCUT2D eigenvalue weighted by atomic mass is 10.2. The fourth-order valence-corrected chi connectivity index (χ4v) is 1.35. The SMILES string of the molecule is COCOc1ccc(C=O)c(OC)c1OCOC. The number of benzene rings is 1. The minimum atomic E-state index is 0.0159. The van der Waals surface area contributed by atoms with Gasteiger partial charge in [-0.3, -0.25) is 4.79 Å². The van der Waals surface area contributed by atoms with Crippen LogP contribution in [0.4, 0.5) is 0 Å². The maximum Gasteiger partial charge on any atom is 0.207 e. The molecule has 0 atom stereocenters. The molecule has 0 amide bonds. The van der Waals surface area contributed by atoms with Crippen molar-refractivity contribution in [3.05, 3.63) is 17.7 Å². The third-order valence-electron chi connectivity index (χ3n) is 2.09. The van der Waals surface area contributed by atoms with E-state index in [1.54, 1.807) is 12.1 Å². The summed E-state index contributed by atoms with van der Waals surface area (Å²) in [6.45, 7) is 0.0783. The smallest absolute Gasteiger partial charge is 0.207 e. The highest BCUT2D eigenvalue weighted by molar-refractivity contribution is 5.82. The van der Waals surface area contributed by atoms with E-state index in [2.05, 4.69) is 0 Å². The molecule has 0 heterocycles. The topological polar surface area (TPSA) is 63.2 Å². The predicted octanol–water partition coefficient (Wildman–Crippen LogP) is 1.47. The number of methoxy groups -OCH3 is 3. The fraction of sp³-hybridized carbons (Fsp3) is 0.417. The van der Waals surface area contributed by atoms with Crippen LogP contribution in [-0.4, -0.2) is 41.2 Å². The van der Waals surface area contributed by atoms with Gasteiger partial charge in [0.1, 0.15) is 0 Å². The summed E-state index contributed by atoms with van der Waals surface area (Å²) < 4.78 is 25.5. The second kappa shape index (κ2) is 7.52. The van der Waals surface area contributed by atoms with Crippen molar-refractivity contribution >= 4 is 6.29 Å². The summed E-state index contributed by atoms with van der Waals surface area (Å²) in [4.78, 5) is 10.9. The van der Waals surface area contributed by atoms with Crippen LogP contribution in [-0.2, 0) is 9.47 Å². The average Bonchev–Trinajstić information content (AvgIpc) is 2.42. The molecule has 18 heavy (non-hydrogen) atoms. The van der Waals surface area contributed by atoms with E-state index in [9.17, 15) is 4.79 Å². The van der Waals surface area contributed by atoms with Gasteiger partial charge >= 0.3 is 0 Å². The summed E-state index contributed by atoms with van der Waals surface area (Å²) >= 11 is 0. The molecular formula is C12H16O6. The summed E-state index contributed by atoms with van der Waals surface area (Å²) in [6, 6.07) is 3.19. The normalized spacial score (nSPS) is 9.94. The molecule has 0 spiro atoms. The number of carbonyl (C=O) groups excluding carboxylic acids is 1. The van der Waals surface area contributed by atoms with Crippen LogP contribution >= 0.6 is 0 Å². The minimum Gasteiger partial charge on any atom is -0.492 e. The van der Waals surface area contributed by atoms with Crippen molar-refractivity contribution in [2.45, 2.75) is 0 Å². The molecule has 0 unspecified atom stereocenters. The second-order valence-corrected chi connectivity index (χ2v) is 3.23. The van der Waals surface area contributed by atoms with Gasteiger partial charge in [-0.05, 0) is 12.1 Å². The molecule has 1 aromatic rings. The molecule has 0 saturated carbocycles. The molecule has 100 valence electrons. The Labute approximate surface area is 105 Å². The van der Waals surface area contributed by atoms with Gasteiger partial charge in [-0.15, -0.1) is 0 Å². The van der Waals surface area contributed by atoms with Gasteiger partial charge in [-0.25, -0.2) is 0 Å². The van der Waals surface area contributed by atoms with Gasteiger partial charge in [0.25, 0.3) is 0 Å². The van der Waals surface area contributed by atoms with E-state index in [-0.39, 0.29) is 13.6 Å². The summed E-state index contributed by atoms with van der Waals surface area (Å²) in [7, 11) is 4.44. The van der Waals surface area contributed by atoms with Gasteiger partial charge in [0, 0.05) is 14.2 Å². The molecule has 1 aromatic carbocycles. The van der Waals surface area contributed by atoms with Gasteiger partial charge in [0.15, 0.2) is 31.4 Å². The molecule has 0 fully saturated rings. The Balaban J connectivity index is 3.11. The van der Waals surface area contributed by atoms with Crippen LogP contribution in [0.2, 0.25) is 0 Å². The molecule has 6 nitrogen and oxygen atoms in total. The van der Waals surface area contributed by atoms with Crippen LogP contribution in [0.15, 0.2) is 12.1 Å². The molecule has 0 N–H and O–H groups in total. The van der Waals surface area contributed by atoms with Crippen molar-refractivity contribution in [3.8, 4) is 17.2 Å². The highest BCUT2D eigenvalue weighted by atomic mass is 16.7. The second-order valence-electron chi connectivity index (χ2n) is 3.23. The first kappa shape index (κ1) is 14.3. The third kappa shape index (κ3) is 3.35. The summed E-state index contributed by atoms with van der Waals surface area (Å²) in [5.41, 5.74) is 0.369. The Morgan fingerprint density at radius 3 is 2.22 bits per heavy atom. The van der Waals surface area contributed by atoms with Crippen LogP contribution in [0.5, 0.6) is 17.2 Å². The monoisotopic (exact) mass is 256 g/mol. The van der Waals surface area contributed by atoms with E-state index in [1.807, 2.05) is 0 Å². The largest absolute Gasteiger partial charge is 0.492 e. The van der Waals surface area contributed by atoms with E-state index in [0.29, 0.717) is 29.1 Å². The summed E-state index contributed by atoms with van der Waals surface area (Å²) in [5.74, 6) is 1.02. The van der Waals surface area contributed by atoms with E-state index in [0.717, 1.165) is 0 Å². The first-order valence-electron chi connectivity index (χ1n) is 5.18. The van der Waals surface area contributed by atoms with E-state index < -0.39 is 0 Å². The number of hydrogen-bond donors (Lipinski definition) is 0. The Bertz CT molecular complexity index is 390. The number of hydrogen-bond acceptors (Lipinski definition) is 6. The Hall–Kier alpha value is -1.79. The van der Waals surface area contributed by atoms with Crippen LogP contribution in [0.3, 0.4) is 0 Å². The molecule has 0 saturated heterocycles. The van der Waals surface area contributed by atoms with Gasteiger partial charge < -0.3 is 23.7 Å². The Kier molecular flexibility index (Phi) is 5.96. The molecular weight excluding hydrogens is 240 g/mol. The predicted molar refractivity (Wildman–Crippen MR) is 63.4 cm³/mol. The highest BCUT2D eigenvalue weighted by Crippen LogP contribution is 2.39. The van der Waals surface area contributed by atoms with Crippen molar-refractivity contribution in [2.75, 3.05) is 34.9 Å². The van der Waals surface area contributed by atoms with Crippen molar-refractivity contribution in [3.63, 3.8) is 0 Å². The minimum absolute atomic E-state index is 0.0159. The Morgan fingerprint density at radius 1 is 1.00 bits per heavy atom. The number of rotatable bonds is 8. The maximum atomic E-state index is 10.9. The summed E-state index contributed by atoms with van der Waals surface area (Å²) in [6.07, 6.45) is 0.679. The van der Waals surface area contributed by atoms with E-state index >= 15 is 0 Å². The molecule has 0 aromatic heterocycles. The van der Waals surface area contributed by atoms with Gasteiger partial charge in [0.2, 0.25) is 5.75 Å². The average molecular weight is 256 g/mol. The third-order valence-corrected chi connectivity index (χ3v) is 2.09. The number of aldehydes is 1. The molecule has 0 aliphatic rings. The molecule has 0 aliphatic heterocycles. The van der Waals surface area contributed by atoms with Crippen LogP contribution in [0, 0.1) is 0 Å².